The Morgan fingerprint density at radius 3 is 2.36 bits per heavy atom. The van der Waals surface area contributed by atoms with Gasteiger partial charge < -0.3 is 9.47 Å². The van der Waals surface area contributed by atoms with Gasteiger partial charge in [-0.05, 0) is 44.2 Å². The summed E-state index contributed by atoms with van der Waals surface area (Å²) in [5, 5.41) is 10.7. The molecule has 0 atom stereocenters. The zero-order valence-corrected chi connectivity index (χ0v) is 12.2. The minimum atomic E-state index is -0.586. The van der Waals surface area contributed by atoms with Crippen LogP contribution in [0.15, 0.2) is 48.5 Å². The number of carbonyl (C=O) groups is 1. The molecule has 0 unspecified atom stereocenters. The van der Waals surface area contributed by atoms with Crippen molar-refractivity contribution in [2.75, 3.05) is 0 Å². The zero-order chi connectivity index (χ0) is 16.1. The van der Waals surface area contributed by atoms with E-state index in [4.69, 9.17) is 9.47 Å². The number of non-ortho nitro benzene ring substituents is 1. The van der Waals surface area contributed by atoms with Gasteiger partial charge >= 0.3 is 5.97 Å². The Bertz CT molecular complexity index is 679. The number of hydrogen-bond donors (Lipinski definition) is 0. The normalized spacial score (nSPS) is 10.3. The molecule has 0 aromatic heterocycles. The highest BCUT2D eigenvalue weighted by Gasteiger charge is 2.12. The van der Waals surface area contributed by atoms with Crippen LogP contribution in [0.5, 0.6) is 11.5 Å². The van der Waals surface area contributed by atoms with E-state index in [2.05, 4.69) is 0 Å². The Morgan fingerprint density at radius 1 is 1.09 bits per heavy atom. The number of hydrogen-bond acceptors (Lipinski definition) is 5. The fourth-order valence-electron chi connectivity index (χ4n) is 1.77. The number of carbonyl (C=O) groups excluding carboxylic acids is 1. The predicted molar refractivity (Wildman–Crippen MR) is 80.3 cm³/mol. The molecule has 0 spiro atoms. The lowest BCUT2D eigenvalue weighted by Gasteiger charge is -2.10. The molecule has 2 aromatic carbocycles. The number of nitrogens with zero attached hydrogens (tertiary/aromatic N) is 1. The molecule has 0 saturated heterocycles. The van der Waals surface area contributed by atoms with E-state index in [1.807, 2.05) is 13.8 Å². The van der Waals surface area contributed by atoms with Gasteiger partial charge in [0.05, 0.1) is 22.7 Å². The van der Waals surface area contributed by atoms with Crippen molar-refractivity contribution in [1.82, 2.24) is 0 Å². The molecule has 0 saturated carbocycles. The Labute approximate surface area is 127 Å². The van der Waals surface area contributed by atoms with E-state index >= 15 is 0 Å². The van der Waals surface area contributed by atoms with Gasteiger partial charge in [0.1, 0.15) is 11.5 Å². The van der Waals surface area contributed by atoms with Gasteiger partial charge in [-0.2, -0.15) is 0 Å². The van der Waals surface area contributed by atoms with E-state index in [9.17, 15) is 14.9 Å². The first-order valence-corrected chi connectivity index (χ1v) is 6.69. The maximum atomic E-state index is 12.0. The minimum Gasteiger partial charge on any atom is -0.491 e. The van der Waals surface area contributed by atoms with Crippen molar-refractivity contribution in [3.8, 4) is 11.5 Å². The maximum Gasteiger partial charge on any atom is 0.343 e. The fourth-order valence-corrected chi connectivity index (χ4v) is 1.77. The van der Waals surface area contributed by atoms with E-state index in [0.29, 0.717) is 11.3 Å². The smallest absolute Gasteiger partial charge is 0.343 e. The Kier molecular flexibility index (Phi) is 4.73. The second-order valence-electron chi connectivity index (χ2n) is 4.83. The van der Waals surface area contributed by atoms with Crippen LogP contribution in [-0.2, 0) is 0 Å². The summed E-state index contributed by atoms with van der Waals surface area (Å²) in [6, 6.07) is 12.0. The van der Waals surface area contributed by atoms with Crippen LogP contribution in [0.2, 0.25) is 0 Å². The van der Waals surface area contributed by atoms with Crippen LogP contribution in [0.4, 0.5) is 5.69 Å². The van der Waals surface area contributed by atoms with Crippen LogP contribution in [-0.4, -0.2) is 17.0 Å². The average molecular weight is 301 g/mol. The predicted octanol–water partition coefficient (Wildman–Crippen LogP) is 3.60. The van der Waals surface area contributed by atoms with Crippen molar-refractivity contribution >= 4 is 11.7 Å². The van der Waals surface area contributed by atoms with E-state index in [-0.39, 0.29) is 17.5 Å². The maximum absolute atomic E-state index is 12.0. The second kappa shape index (κ2) is 6.71. The highest BCUT2D eigenvalue weighted by Crippen LogP contribution is 2.21. The third kappa shape index (κ3) is 4.05. The van der Waals surface area contributed by atoms with Gasteiger partial charge in [-0.25, -0.2) is 4.79 Å². The molecule has 22 heavy (non-hydrogen) atoms. The van der Waals surface area contributed by atoms with E-state index in [0.717, 1.165) is 0 Å². The minimum absolute atomic E-state index is 0.0441. The van der Waals surface area contributed by atoms with Gasteiger partial charge in [-0.15, -0.1) is 0 Å². The van der Waals surface area contributed by atoms with Crippen LogP contribution in [0, 0.1) is 10.1 Å². The molecule has 6 nitrogen and oxygen atoms in total. The monoisotopic (exact) mass is 301 g/mol. The SMILES string of the molecule is CC(C)Oc1ccc(C(=O)Oc2cccc([N+](=O)[O-])c2)cc1. The number of ether oxygens (including phenoxy) is 2. The third-order valence-corrected chi connectivity index (χ3v) is 2.70. The van der Waals surface area contributed by atoms with Crippen LogP contribution in [0.1, 0.15) is 24.2 Å². The first-order valence-electron chi connectivity index (χ1n) is 6.69. The number of rotatable bonds is 5. The lowest BCUT2D eigenvalue weighted by molar-refractivity contribution is -0.384. The van der Waals surface area contributed by atoms with Crippen molar-refractivity contribution in [3.63, 3.8) is 0 Å². The van der Waals surface area contributed by atoms with Crippen molar-refractivity contribution < 1.29 is 19.2 Å². The lowest BCUT2D eigenvalue weighted by atomic mass is 10.2. The molecule has 2 rings (SSSR count). The van der Waals surface area contributed by atoms with Gasteiger partial charge in [0.2, 0.25) is 0 Å². The molecule has 0 aliphatic carbocycles. The molecule has 6 heteroatoms. The van der Waals surface area contributed by atoms with Crippen LogP contribution in [0.25, 0.3) is 0 Å². The Morgan fingerprint density at radius 2 is 1.77 bits per heavy atom. The quantitative estimate of drug-likeness (QED) is 0.365. The molecule has 114 valence electrons. The summed E-state index contributed by atoms with van der Waals surface area (Å²) in [6.07, 6.45) is 0.0441. The topological polar surface area (TPSA) is 78.7 Å². The largest absolute Gasteiger partial charge is 0.491 e. The standard InChI is InChI=1S/C16H15NO5/c1-11(2)21-14-8-6-12(7-9-14)16(18)22-15-5-3-4-13(10-15)17(19)20/h3-11H,1-2H3. The Hall–Kier alpha value is -2.89. The van der Waals surface area contributed by atoms with Gasteiger partial charge in [0.25, 0.3) is 5.69 Å². The summed E-state index contributed by atoms with van der Waals surface area (Å²) >= 11 is 0. The molecule has 0 fully saturated rings. The van der Waals surface area contributed by atoms with Crippen molar-refractivity contribution in [2.45, 2.75) is 20.0 Å². The summed E-state index contributed by atoms with van der Waals surface area (Å²) < 4.78 is 10.6. The molecule has 0 radical (unpaired) electrons. The summed E-state index contributed by atoms with van der Waals surface area (Å²) in [5.41, 5.74) is 0.202. The molecule has 0 N–H and O–H groups in total. The Balaban J connectivity index is 2.08. The van der Waals surface area contributed by atoms with Gasteiger partial charge in [-0.3, -0.25) is 10.1 Å². The second-order valence-corrected chi connectivity index (χ2v) is 4.83. The number of nitro benzene ring substituents is 1. The lowest BCUT2D eigenvalue weighted by Crippen LogP contribution is -2.09. The van der Waals surface area contributed by atoms with Crippen LogP contribution < -0.4 is 9.47 Å². The van der Waals surface area contributed by atoms with Crippen molar-refractivity contribution in [1.29, 1.82) is 0 Å². The van der Waals surface area contributed by atoms with E-state index < -0.39 is 10.9 Å². The highest BCUT2D eigenvalue weighted by molar-refractivity contribution is 5.91. The summed E-state index contributed by atoms with van der Waals surface area (Å²) in [4.78, 5) is 22.1. The van der Waals surface area contributed by atoms with Crippen molar-refractivity contribution in [2.24, 2.45) is 0 Å². The van der Waals surface area contributed by atoms with E-state index in [1.165, 1.54) is 24.3 Å². The molecular formula is C16H15NO5. The molecule has 2 aromatic rings. The number of esters is 1. The molecule has 0 aliphatic heterocycles. The van der Waals surface area contributed by atoms with Crippen molar-refractivity contribution in [3.05, 3.63) is 64.2 Å². The summed E-state index contributed by atoms with van der Waals surface area (Å²) in [5.74, 6) is 0.195. The first-order chi connectivity index (χ1) is 10.5. The van der Waals surface area contributed by atoms with Gasteiger partial charge in [0.15, 0.2) is 0 Å². The zero-order valence-electron chi connectivity index (χ0n) is 12.2. The molecular weight excluding hydrogens is 286 g/mol. The third-order valence-electron chi connectivity index (χ3n) is 2.70. The first kappa shape index (κ1) is 15.5. The average Bonchev–Trinajstić information content (AvgIpc) is 2.47. The van der Waals surface area contributed by atoms with Gasteiger partial charge in [-0.1, -0.05) is 6.07 Å². The summed E-state index contributed by atoms with van der Waals surface area (Å²) in [7, 11) is 0. The van der Waals surface area contributed by atoms with Gasteiger partial charge in [0, 0.05) is 6.07 Å². The molecule has 0 aliphatic rings. The number of benzene rings is 2. The highest BCUT2D eigenvalue weighted by atomic mass is 16.6. The molecule has 0 amide bonds. The van der Waals surface area contributed by atoms with E-state index in [1.54, 1.807) is 24.3 Å². The fraction of sp³-hybridized carbons (Fsp3) is 0.188. The van der Waals surface area contributed by atoms with Crippen LogP contribution in [0.3, 0.4) is 0 Å². The number of nitro groups is 1. The molecule has 0 heterocycles. The van der Waals surface area contributed by atoms with Crippen LogP contribution >= 0.6 is 0 Å². The summed E-state index contributed by atoms with van der Waals surface area (Å²) in [6.45, 7) is 3.81. The molecule has 0 bridgehead atoms.